The summed E-state index contributed by atoms with van der Waals surface area (Å²) in [4.78, 5) is 30.5. The second kappa shape index (κ2) is 7.78. The Balaban J connectivity index is 1.48. The second-order valence-electron chi connectivity index (χ2n) is 7.83. The van der Waals surface area contributed by atoms with E-state index in [1.807, 2.05) is 92.7 Å². The zero-order valence-electron chi connectivity index (χ0n) is 17.8. The quantitative estimate of drug-likeness (QED) is 0.425. The number of fused-ring (bicyclic) bond motifs is 2. The molecule has 0 saturated heterocycles. The lowest BCUT2D eigenvalue weighted by atomic mass is 10.1. The summed E-state index contributed by atoms with van der Waals surface area (Å²) in [5.74, 6) is 0.438. The molecule has 0 spiro atoms. The van der Waals surface area contributed by atoms with Crippen molar-refractivity contribution in [2.24, 2.45) is 0 Å². The summed E-state index contributed by atoms with van der Waals surface area (Å²) in [5, 5.41) is 5.67. The number of aromatic nitrogens is 2. The van der Waals surface area contributed by atoms with Crippen LogP contribution in [0.4, 0.5) is 5.69 Å². The van der Waals surface area contributed by atoms with Gasteiger partial charge in [0.2, 0.25) is 0 Å². The summed E-state index contributed by atoms with van der Waals surface area (Å²) in [6, 6.07) is 26.5. The van der Waals surface area contributed by atoms with Gasteiger partial charge in [-0.15, -0.1) is 0 Å². The predicted octanol–water partition coefficient (Wildman–Crippen LogP) is 5.41. The molecular weight excluding hydrogens is 398 g/mol. The van der Waals surface area contributed by atoms with Crippen LogP contribution in [0.3, 0.4) is 0 Å². The number of aryl methyl sites for hydroxylation is 2. The van der Waals surface area contributed by atoms with Crippen molar-refractivity contribution in [3.8, 4) is 5.69 Å². The first-order valence-corrected chi connectivity index (χ1v) is 10.4. The fourth-order valence-corrected chi connectivity index (χ4v) is 4.00. The molecule has 5 nitrogen and oxygen atoms in total. The number of nitrogens with one attached hydrogen (secondary N) is 1. The number of para-hydroxylation sites is 1. The van der Waals surface area contributed by atoms with Crippen molar-refractivity contribution in [2.75, 3.05) is 5.32 Å². The van der Waals surface area contributed by atoms with Gasteiger partial charge in [0.05, 0.1) is 16.6 Å². The molecule has 0 atom stereocenters. The lowest BCUT2D eigenvalue weighted by molar-refractivity contribution is 0.102. The van der Waals surface area contributed by atoms with Crippen molar-refractivity contribution >= 4 is 33.3 Å². The number of rotatable bonds is 3. The zero-order chi connectivity index (χ0) is 22.2. The molecule has 1 N–H and O–H groups in total. The highest BCUT2D eigenvalue weighted by atomic mass is 16.1. The second-order valence-corrected chi connectivity index (χ2v) is 7.83. The molecule has 0 aliphatic heterocycles. The maximum Gasteiger partial charge on any atom is 0.265 e. The Bertz CT molecular complexity index is 1570. The lowest BCUT2D eigenvalue weighted by Gasteiger charge is -2.14. The Kier molecular flexibility index (Phi) is 4.79. The minimum absolute atomic E-state index is 0.111. The van der Waals surface area contributed by atoms with E-state index in [1.54, 1.807) is 10.6 Å². The Morgan fingerprint density at radius 2 is 1.59 bits per heavy atom. The van der Waals surface area contributed by atoms with E-state index >= 15 is 0 Å². The average Bonchev–Trinajstić information content (AvgIpc) is 2.80. The van der Waals surface area contributed by atoms with Crippen molar-refractivity contribution in [2.45, 2.75) is 13.8 Å². The number of hydrogen-bond acceptors (Lipinski definition) is 3. The van der Waals surface area contributed by atoms with Crippen LogP contribution in [0.5, 0.6) is 0 Å². The average molecular weight is 419 g/mol. The Morgan fingerprint density at radius 3 is 2.41 bits per heavy atom. The van der Waals surface area contributed by atoms with E-state index < -0.39 is 0 Å². The topological polar surface area (TPSA) is 64.0 Å². The van der Waals surface area contributed by atoms with Crippen LogP contribution in [-0.2, 0) is 0 Å². The van der Waals surface area contributed by atoms with E-state index in [1.165, 1.54) is 0 Å². The molecule has 1 amide bonds. The number of benzene rings is 4. The molecule has 0 aliphatic carbocycles. The summed E-state index contributed by atoms with van der Waals surface area (Å²) in [6.45, 7) is 3.73. The van der Waals surface area contributed by atoms with Crippen molar-refractivity contribution < 1.29 is 4.79 Å². The van der Waals surface area contributed by atoms with Gasteiger partial charge in [0.15, 0.2) is 0 Å². The lowest BCUT2D eigenvalue weighted by Crippen LogP contribution is -2.22. The van der Waals surface area contributed by atoms with Crippen LogP contribution in [0.25, 0.3) is 27.4 Å². The van der Waals surface area contributed by atoms with E-state index in [-0.39, 0.29) is 11.5 Å². The normalized spacial score (nSPS) is 11.1. The highest BCUT2D eigenvalue weighted by molar-refractivity contribution is 6.06. The molecule has 32 heavy (non-hydrogen) atoms. The largest absolute Gasteiger partial charge is 0.322 e. The van der Waals surface area contributed by atoms with E-state index in [9.17, 15) is 9.59 Å². The van der Waals surface area contributed by atoms with Crippen LogP contribution in [0.15, 0.2) is 89.7 Å². The molecule has 5 aromatic rings. The first kappa shape index (κ1) is 19.7. The number of anilines is 1. The van der Waals surface area contributed by atoms with E-state index in [2.05, 4.69) is 10.3 Å². The predicted molar refractivity (Wildman–Crippen MR) is 129 cm³/mol. The maximum atomic E-state index is 13.1. The SMILES string of the molecule is Cc1cc(-n2c(C)nc3ccccc3c2=O)ccc1NC(=O)c1ccc2ccccc2c1. The number of amides is 1. The van der Waals surface area contributed by atoms with Crippen molar-refractivity contribution in [1.82, 2.24) is 9.55 Å². The van der Waals surface area contributed by atoms with Crippen LogP contribution in [0.1, 0.15) is 21.7 Å². The van der Waals surface area contributed by atoms with Gasteiger partial charge in [0.25, 0.3) is 11.5 Å². The fourth-order valence-electron chi connectivity index (χ4n) is 4.00. The van der Waals surface area contributed by atoms with Gasteiger partial charge in [-0.1, -0.05) is 42.5 Å². The molecule has 1 aromatic heterocycles. The van der Waals surface area contributed by atoms with Crippen molar-refractivity contribution in [3.05, 3.63) is 112 Å². The standard InChI is InChI=1S/C27H21N3O2/c1-17-15-22(30-18(2)28-25-10-6-5-9-23(25)27(30)32)13-14-24(17)29-26(31)21-12-11-19-7-3-4-8-20(19)16-21/h3-16H,1-2H3,(H,29,31). The first-order chi connectivity index (χ1) is 15.5. The minimum atomic E-state index is -0.174. The van der Waals surface area contributed by atoms with Crippen LogP contribution >= 0.6 is 0 Å². The molecule has 156 valence electrons. The van der Waals surface area contributed by atoms with Crippen LogP contribution in [-0.4, -0.2) is 15.5 Å². The molecule has 5 heteroatoms. The van der Waals surface area contributed by atoms with Crippen molar-refractivity contribution in [3.63, 3.8) is 0 Å². The maximum absolute atomic E-state index is 13.1. The highest BCUT2D eigenvalue weighted by Gasteiger charge is 2.13. The van der Waals surface area contributed by atoms with Gasteiger partial charge in [0.1, 0.15) is 5.82 Å². The molecule has 4 aromatic carbocycles. The number of carbonyl (C=O) groups is 1. The van der Waals surface area contributed by atoms with E-state index in [4.69, 9.17) is 0 Å². The van der Waals surface area contributed by atoms with Crippen LogP contribution in [0.2, 0.25) is 0 Å². The van der Waals surface area contributed by atoms with Gasteiger partial charge in [-0.3, -0.25) is 14.2 Å². The summed E-state index contributed by atoms with van der Waals surface area (Å²) in [5.41, 5.74) is 3.44. The van der Waals surface area contributed by atoms with Gasteiger partial charge in [-0.2, -0.15) is 0 Å². The Morgan fingerprint density at radius 1 is 0.844 bits per heavy atom. The van der Waals surface area contributed by atoms with Gasteiger partial charge in [-0.25, -0.2) is 4.98 Å². The van der Waals surface area contributed by atoms with Gasteiger partial charge < -0.3 is 5.32 Å². The summed E-state index contributed by atoms with van der Waals surface area (Å²) < 4.78 is 1.60. The smallest absolute Gasteiger partial charge is 0.265 e. The van der Waals surface area contributed by atoms with Crippen molar-refractivity contribution in [1.29, 1.82) is 0 Å². The molecule has 0 radical (unpaired) electrons. The highest BCUT2D eigenvalue weighted by Crippen LogP contribution is 2.22. The third-order valence-electron chi connectivity index (χ3n) is 5.67. The monoisotopic (exact) mass is 419 g/mol. The summed E-state index contributed by atoms with van der Waals surface area (Å²) in [7, 11) is 0. The molecule has 0 unspecified atom stereocenters. The Hall–Kier alpha value is -4.25. The van der Waals surface area contributed by atoms with Crippen LogP contribution < -0.4 is 10.9 Å². The molecule has 0 fully saturated rings. The molecule has 5 rings (SSSR count). The van der Waals surface area contributed by atoms with Gasteiger partial charge in [0, 0.05) is 11.3 Å². The summed E-state index contributed by atoms with van der Waals surface area (Å²) in [6.07, 6.45) is 0. The van der Waals surface area contributed by atoms with E-state index in [0.29, 0.717) is 33.7 Å². The number of carbonyl (C=O) groups excluding carboxylic acids is 1. The number of hydrogen-bond donors (Lipinski definition) is 1. The third-order valence-corrected chi connectivity index (χ3v) is 5.67. The van der Waals surface area contributed by atoms with Gasteiger partial charge in [-0.05, 0) is 72.6 Å². The fraction of sp³-hybridized carbons (Fsp3) is 0.0741. The molecular formula is C27H21N3O2. The van der Waals surface area contributed by atoms with E-state index in [0.717, 1.165) is 16.3 Å². The minimum Gasteiger partial charge on any atom is -0.322 e. The molecule has 0 saturated carbocycles. The first-order valence-electron chi connectivity index (χ1n) is 10.4. The molecule has 0 bridgehead atoms. The number of nitrogens with zero attached hydrogens (tertiary/aromatic N) is 2. The third kappa shape index (κ3) is 3.44. The van der Waals surface area contributed by atoms with Crippen LogP contribution in [0, 0.1) is 13.8 Å². The zero-order valence-corrected chi connectivity index (χ0v) is 17.8. The molecule has 0 aliphatic rings. The van der Waals surface area contributed by atoms with Gasteiger partial charge >= 0.3 is 0 Å². The Labute approximate surface area is 185 Å². The summed E-state index contributed by atoms with van der Waals surface area (Å²) >= 11 is 0. The molecule has 1 heterocycles.